The Morgan fingerprint density at radius 3 is 2.70 bits per heavy atom. The van der Waals surface area contributed by atoms with Gasteiger partial charge in [0.25, 0.3) is 5.91 Å². The van der Waals surface area contributed by atoms with Crippen molar-refractivity contribution < 1.29 is 14.3 Å². The van der Waals surface area contributed by atoms with Crippen LogP contribution in [0.2, 0.25) is 0 Å². The van der Waals surface area contributed by atoms with Crippen molar-refractivity contribution in [2.45, 2.75) is 12.6 Å². The fraction of sp³-hybridized carbons (Fsp3) is 0.238. The highest BCUT2D eigenvalue weighted by Gasteiger charge is 2.35. The summed E-state index contributed by atoms with van der Waals surface area (Å²) in [6.45, 7) is 0.205. The van der Waals surface area contributed by atoms with Crippen molar-refractivity contribution in [2.24, 2.45) is 0 Å². The molecular weight excluding hydrogens is 402 g/mol. The van der Waals surface area contributed by atoms with Crippen molar-refractivity contribution in [3.8, 4) is 17.1 Å². The Labute approximate surface area is 178 Å². The van der Waals surface area contributed by atoms with Crippen LogP contribution in [-0.2, 0) is 11.3 Å². The maximum absolute atomic E-state index is 12.7. The molecule has 3 aromatic rings. The lowest BCUT2D eigenvalue weighted by atomic mass is 10.1. The summed E-state index contributed by atoms with van der Waals surface area (Å²) < 4.78 is 5.15. The van der Waals surface area contributed by atoms with Crippen LogP contribution in [0, 0.1) is 0 Å². The third kappa shape index (κ3) is 4.30. The van der Waals surface area contributed by atoms with E-state index in [-0.39, 0.29) is 18.4 Å². The molecule has 2 heterocycles. The molecule has 0 radical (unpaired) electrons. The van der Waals surface area contributed by atoms with Gasteiger partial charge in [-0.05, 0) is 36.4 Å². The molecule has 1 aromatic heterocycles. The van der Waals surface area contributed by atoms with Crippen molar-refractivity contribution in [3.63, 3.8) is 0 Å². The highest BCUT2D eigenvalue weighted by Crippen LogP contribution is 2.23. The van der Waals surface area contributed by atoms with E-state index in [1.54, 1.807) is 35.9 Å². The van der Waals surface area contributed by atoms with E-state index in [9.17, 15) is 9.59 Å². The van der Waals surface area contributed by atoms with Gasteiger partial charge in [0.15, 0.2) is 5.82 Å². The average molecular weight is 423 g/mol. The molecule has 0 spiro atoms. The molecule has 154 valence electrons. The molecule has 1 aliphatic rings. The molecule has 30 heavy (non-hydrogen) atoms. The summed E-state index contributed by atoms with van der Waals surface area (Å²) in [5, 5.41) is 9.91. The summed E-state index contributed by atoms with van der Waals surface area (Å²) in [7, 11) is 1.61. The minimum absolute atomic E-state index is 0.137. The molecule has 1 fully saturated rings. The number of ether oxygens (including phenoxy) is 1. The largest absolute Gasteiger partial charge is 0.497 e. The second-order valence-electron chi connectivity index (χ2n) is 6.71. The number of aromatic amines is 1. The molecule has 8 nitrogen and oxygen atoms in total. The molecule has 0 aliphatic carbocycles. The Bertz CT molecular complexity index is 1020. The number of H-pyrrole nitrogens is 1. The number of thioether (sulfide) groups is 1. The van der Waals surface area contributed by atoms with Crippen LogP contribution >= 0.6 is 11.8 Å². The number of nitrogens with one attached hydrogen (secondary N) is 2. The zero-order valence-corrected chi connectivity index (χ0v) is 17.2. The van der Waals surface area contributed by atoms with Crippen LogP contribution in [0.3, 0.4) is 0 Å². The summed E-state index contributed by atoms with van der Waals surface area (Å²) >= 11 is 1.57. The van der Waals surface area contributed by atoms with Gasteiger partial charge in [0.05, 0.1) is 19.5 Å². The lowest BCUT2D eigenvalue weighted by Gasteiger charge is -2.23. The topological polar surface area (TPSA) is 100 Å². The first-order valence-corrected chi connectivity index (χ1v) is 10.6. The van der Waals surface area contributed by atoms with Crippen LogP contribution in [0.4, 0.5) is 0 Å². The van der Waals surface area contributed by atoms with Crippen molar-refractivity contribution >= 4 is 23.6 Å². The van der Waals surface area contributed by atoms with Crippen LogP contribution in [0.5, 0.6) is 5.75 Å². The van der Waals surface area contributed by atoms with Crippen LogP contribution in [-0.4, -0.2) is 56.7 Å². The van der Waals surface area contributed by atoms with Gasteiger partial charge in [0.2, 0.25) is 5.91 Å². The Morgan fingerprint density at radius 2 is 1.97 bits per heavy atom. The normalized spacial score (nSPS) is 15.8. The van der Waals surface area contributed by atoms with Gasteiger partial charge in [0.1, 0.15) is 17.6 Å². The Morgan fingerprint density at radius 1 is 1.20 bits per heavy atom. The number of carbonyl (C=O) groups excluding carboxylic acids is 2. The van der Waals surface area contributed by atoms with Crippen LogP contribution in [0.15, 0.2) is 54.6 Å². The maximum atomic E-state index is 12.7. The Kier molecular flexibility index (Phi) is 5.99. The molecule has 0 saturated carbocycles. The number of methoxy groups -OCH3 is 1. The van der Waals surface area contributed by atoms with E-state index in [1.807, 2.05) is 42.5 Å². The maximum Gasteiger partial charge on any atom is 0.255 e. The van der Waals surface area contributed by atoms with E-state index < -0.39 is 6.04 Å². The van der Waals surface area contributed by atoms with Crippen molar-refractivity contribution in [2.75, 3.05) is 18.7 Å². The molecule has 9 heteroatoms. The minimum atomic E-state index is -0.508. The van der Waals surface area contributed by atoms with Crippen molar-refractivity contribution in [1.29, 1.82) is 0 Å². The second-order valence-corrected chi connectivity index (χ2v) is 7.71. The lowest BCUT2D eigenvalue weighted by molar-refractivity contribution is -0.124. The van der Waals surface area contributed by atoms with E-state index >= 15 is 0 Å². The molecular formula is C21H21N5O3S. The first kappa shape index (κ1) is 20.0. The standard InChI is InChI=1S/C21H21N5O3S/c1-29-16-9-7-14(8-10-16)19-23-18(24-25-19)11-22-20(27)17-12-30-13-26(17)21(28)15-5-3-2-4-6-15/h2-10,17H,11-13H2,1H3,(H,22,27)(H,23,24,25). The van der Waals surface area contributed by atoms with Crippen LogP contribution < -0.4 is 10.1 Å². The smallest absolute Gasteiger partial charge is 0.255 e. The highest BCUT2D eigenvalue weighted by molar-refractivity contribution is 7.99. The van der Waals surface area contributed by atoms with Gasteiger partial charge in [-0.3, -0.25) is 14.7 Å². The van der Waals surface area contributed by atoms with E-state index in [4.69, 9.17) is 4.74 Å². The average Bonchev–Trinajstić information content (AvgIpc) is 3.48. The molecule has 1 aliphatic heterocycles. The SMILES string of the molecule is COc1ccc(-c2n[nH]c(CNC(=O)C3CSCN3C(=O)c3ccccc3)n2)cc1. The lowest BCUT2D eigenvalue weighted by Crippen LogP contribution is -2.47. The number of rotatable bonds is 6. The van der Waals surface area contributed by atoms with Gasteiger partial charge in [-0.15, -0.1) is 11.8 Å². The van der Waals surface area contributed by atoms with E-state index in [0.717, 1.165) is 11.3 Å². The van der Waals surface area contributed by atoms with Crippen LogP contribution in [0.25, 0.3) is 11.4 Å². The number of carbonyl (C=O) groups is 2. The van der Waals surface area contributed by atoms with Gasteiger partial charge < -0.3 is 15.0 Å². The highest BCUT2D eigenvalue weighted by atomic mass is 32.2. The minimum Gasteiger partial charge on any atom is -0.497 e. The quantitative estimate of drug-likeness (QED) is 0.631. The molecule has 2 N–H and O–H groups in total. The van der Waals surface area contributed by atoms with Gasteiger partial charge in [0, 0.05) is 16.9 Å². The van der Waals surface area contributed by atoms with E-state index in [1.165, 1.54) is 0 Å². The summed E-state index contributed by atoms with van der Waals surface area (Å²) in [6, 6.07) is 15.9. The number of aromatic nitrogens is 3. The van der Waals surface area contributed by atoms with Crippen molar-refractivity contribution in [1.82, 2.24) is 25.4 Å². The molecule has 1 saturated heterocycles. The van der Waals surface area contributed by atoms with Crippen molar-refractivity contribution in [3.05, 3.63) is 66.0 Å². The molecule has 2 aromatic carbocycles. The predicted octanol–water partition coefficient (Wildman–Crippen LogP) is 2.31. The number of nitrogens with zero attached hydrogens (tertiary/aromatic N) is 3. The molecule has 0 bridgehead atoms. The van der Waals surface area contributed by atoms with Gasteiger partial charge in [-0.2, -0.15) is 5.10 Å². The third-order valence-electron chi connectivity index (χ3n) is 4.78. The number of amides is 2. The first-order chi connectivity index (χ1) is 14.7. The number of hydrogen-bond acceptors (Lipinski definition) is 6. The zero-order chi connectivity index (χ0) is 20.9. The van der Waals surface area contributed by atoms with Gasteiger partial charge in [-0.1, -0.05) is 18.2 Å². The molecule has 4 rings (SSSR count). The molecule has 1 unspecified atom stereocenters. The first-order valence-electron chi connectivity index (χ1n) is 9.43. The summed E-state index contributed by atoms with van der Waals surface area (Å²) in [5.41, 5.74) is 1.42. The molecule has 1 atom stereocenters. The van der Waals surface area contributed by atoms with Gasteiger partial charge >= 0.3 is 0 Å². The fourth-order valence-corrected chi connectivity index (χ4v) is 4.29. The third-order valence-corrected chi connectivity index (χ3v) is 5.79. The van der Waals surface area contributed by atoms with E-state index in [2.05, 4.69) is 20.5 Å². The summed E-state index contributed by atoms with van der Waals surface area (Å²) in [4.78, 5) is 31.5. The van der Waals surface area contributed by atoms with E-state index in [0.29, 0.717) is 28.8 Å². The zero-order valence-electron chi connectivity index (χ0n) is 16.4. The fourth-order valence-electron chi connectivity index (χ4n) is 3.14. The summed E-state index contributed by atoms with van der Waals surface area (Å²) in [6.07, 6.45) is 0. The summed E-state index contributed by atoms with van der Waals surface area (Å²) in [5.74, 6) is 2.56. The molecule has 2 amide bonds. The van der Waals surface area contributed by atoms with Crippen LogP contribution in [0.1, 0.15) is 16.2 Å². The Balaban J connectivity index is 1.37. The number of hydrogen-bond donors (Lipinski definition) is 2. The Hall–Kier alpha value is -3.33. The number of benzene rings is 2. The van der Waals surface area contributed by atoms with Gasteiger partial charge in [-0.25, -0.2) is 4.98 Å². The predicted molar refractivity (Wildman–Crippen MR) is 114 cm³/mol. The second kappa shape index (κ2) is 9.00. The monoisotopic (exact) mass is 423 g/mol.